The molecule has 7 nitrogen and oxygen atoms in total. The number of rotatable bonds is 6. The van der Waals surface area contributed by atoms with Crippen molar-refractivity contribution in [3.8, 4) is 0 Å². The molecule has 3 rings (SSSR count). The molecular weight excluding hydrogens is 334 g/mol. The van der Waals surface area contributed by atoms with E-state index in [2.05, 4.69) is 12.0 Å². The lowest BCUT2D eigenvalue weighted by Crippen LogP contribution is -2.34. The van der Waals surface area contributed by atoms with E-state index in [1.807, 2.05) is 0 Å². The highest BCUT2D eigenvalue weighted by atomic mass is 16.4. The SMILES string of the molecule is CCCCCn1nc(C(=O)N2CC[C@H](C(=O)O)C2)c2ccccc2c1=O. The number of benzene rings is 1. The smallest absolute Gasteiger partial charge is 0.308 e. The first-order chi connectivity index (χ1) is 12.5. The molecule has 1 aliphatic heterocycles. The largest absolute Gasteiger partial charge is 0.481 e. The maximum atomic E-state index is 13.0. The van der Waals surface area contributed by atoms with Gasteiger partial charge in [-0.15, -0.1) is 0 Å². The van der Waals surface area contributed by atoms with E-state index >= 15 is 0 Å². The maximum Gasteiger partial charge on any atom is 0.308 e. The number of amides is 1. The van der Waals surface area contributed by atoms with Gasteiger partial charge in [-0.3, -0.25) is 14.4 Å². The second-order valence-electron chi connectivity index (χ2n) is 6.70. The molecule has 1 aromatic carbocycles. The van der Waals surface area contributed by atoms with Crippen molar-refractivity contribution in [1.82, 2.24) is 14.7 Å². The molecule has 26 heavy (non-hydrogen) atoms. The normalized spacial score (nSPS) is 17.0. The van der Waals surface area contributed by atoms with Gasteiger partial charge in [-0.1, -0.05) is 38.0 Å². The molecule has 1 fully saturated rings. The quantitative estimate of drug-likeness (QED) is 0.800. The molecule has 0 spiro atoms. The van der Waals surface area contributed by atoms with Gasteiger partial charge in [0.25, 0.3) is 11.5 Å². The van der Waals surface area contributed by atoms with Crippen LogP contribution in [0.25, 0.3) is 10.8 Å². The number of aryl methyl sites for hydroxylation is 1. The van der Waals surface area contributed by atoms with Crippen LogP contribution in [0.3, 0.4) is 0 Å². The summed E-state index contributed by atoms with van der Waals surface area (Å²) in [6, 6.07) is 6.96. The van der Waals surface area contributed by atoms with Gasteiger partial charge in [0.1, 0.15) is 0 Å². The van der Waals surface area contributed by atoms with Gasteiger partial charge in [-0.05, 0) is 18.9 Å². The molecule has 1 N–H and O–H groups in total. The Balaban J connectivity index is 1.98. The highest BCUT2D eigenvalue weighted by molar-refractivity contribution is 6.05. The number of hydrogen-bond acceptors (Lipinski definition) is 4. The van der Waals surface area contributed by atoms with Gasteiger partial charge in [0.2, 0.25) is 0 Å². The van der Waals surface area contributed by atoms with E-state index in [1.165, 1.54) is 9.58 Å². The molecule has 1 atom stereocenters. The third kappa shape index (κ3) is 3.47. The van der Waals surface area contributed by atoms with E-state index in [9.17, 15) is 14.4 Å². The molecule has 138 valence electrons. The van der Waals surface area contributed by atoms with E-state index in [0.29, 0.717) is 30.3 Å². The minimum atomic E-state index is -0.886. The van der Waals surface area contributed by atoms with Crippen molar-refractivity contribution < 1.29 is 14.7 Å². The van der Waals surface area contributed by atoms with E-state index in [0.717, 1.165) is 19.3 Å². The highest BCUT2D eigenvalue weighted by Gasteiger charge is 2.32. The number of fused-ring (bicyclic) bond motifs is 1. The third-order valence-corrected chi connectivity index (χ3v) is 4.87. The fourth-order valence-corrected chi connectivity index (χ4v) is 3.35. The summed E-state index contributed by atoms with van der Waals surface area (Å²) >= 11 is 0. The molecular formula is C19H23N3O4. The van der Waals surface area contributed by atoms with E-state index in [-0.39, 0.29) is 23.7 Å². The molecule has 1 saturated heterocycles. The molecule has 0 aliphatic carbocycles. The van der Waals surface area contributed by atoms with Crippen LogP contribution in [-0.2, 0) is 11.3 Å². The predicted octanol–water partition coefficient (Wildman–Crippen LogP) is 2.13. The van der Waals surface area contributed by atoms with Crippen molar-refractivity contribution >= 4 is 22.6 Å². The van der Waals surface area contributed by atoms with E-state index in [4.69, 9.17) is 5.11 Å². The van der Waals surface area contributed by atoms with Gasteiger partial charge < -0.3 is 10.0 Å². The standard InChI is InChI=1S/C19H23N3O4/c1-2-3-6-10-22-17(23)15-8-5-4-7-14(15)16(20-22)18(24)21-11-9-13(12-21)19(25)26/h4-5,7-8,13H,2-3,6,9-12H2,1H3,(H,25,26)/t13-/m0/s1. The number of nitrogens with zero attached hydrogens (tertiary/aromatic N) is 3. The Bertz CT molecular complexity index is 890. The summed E-state index contributed by atoms with van der Waals surface area (Å²) in [5.74, 6) is -1.74. The number of likely N-dealkylation sites (tertiary alicyclic amines) is 1. The Morgan fingerprint density at radius 3 is 2.62 bits per heavy atom. The first kappa shape index (κ1) is 18.1. The maximum absolute atomic E-state index is 13.0. The first-order valence-corrected chi connectivity index (χ1v) is 9.05. The van der Waals surface area contributed by atoms with Crippen molar-refractivity contribution in [2.45, 2.75) is 39.2 Å². The summed E-state index contributed by atoms with van der Waals surface area (Å²) in [4.78, 5) is 38.3. The Labute approximate surface area is 151 Å². The molecule has 1 aliphatic rings. The third-order valence-electron chi connectivity index (χ3n) is 4.87. The van der Waals surface area contributed by atoms with Gasteiger partial charge in [0, 0.05) is 25.0 Å². The lowest BCUT2D eigenvalue weighted by molar-refractivity contribution is -0.141. The van der Waals surface area contributed by atoms with Crippen molar-refractivity contribution in [1.29, 1.82) is 0 Å². The Kier molecular flexibility index (Phi) is 5.35. The van der Waals surface area contributed by atoms with Crippen LogP contribution < -0.4 is 5.56 Å². The molecule has 2 aromatic rings. The van der Waals surface area contributed by atoms with Crippen molar-refractivity contribution in [2.24, 2.45) is 5.92 Å². The zero-order valence-corrected chi connectivity index (χ0v) is 14.9. The van der Waals surface area contributed by atoms with Gasteiger partial charge >= 0.3 is 5.97 Å². The van der Waals surface area contributed by atoms with E-state index < -0.39 is 11.9 Å². The highest BCUT2D eigenvalue weighted by Crippen LogP contribution is 2.21. The van der Waals surface area contributed by atoms with Crippen LogP contribution in [0, 0.1) is 5.92 Å². The van der Waals surface area contributed by atoms with Crippen LogP contribution in [-0.4, -0.2) is 44.8 Å². The summed E-state index contributed by atoms with van der Waals surface area (Å²) in [7, 11) is 0. The minimum Gasteiger partial charge on any atom is -0.481 e. The van der Waals surface area contributed by atoms with Gasteiger partial charge in [0.15, 0.2) is 5.69 Å². The number of carboxylic acids is 1. The monoisotopic (exact) mass is 357 g/mol. The number of aliphatic carboxylic acids is 1. The lowest BCUT2D eigenvalue weighted by atomic mass is 10.1. The Hall–Kier alpha value is -2.70. The molecule has 0 bridgehead atoms. The molecule has 1 amide bonds. The first-order valence-electron chi connectivity index (χ1n) is 9.05. The van der Waals surface area contributed by atoms with Gasteiger partial charge in [-0.25, -0.2) is 4.68 Å². The molecule has 0 unspecified atom stereocenters. The predicted molar refractivity (Wildman–Crippen MR) is 97.2 cm³/mol. The Morgan fingerprint density at radius 2 is 1.96 bits per heavy atom. The van der Waals surface area contributed by atoms with Gasteiger partial charge in [0.05, 0.1) is 11.3 Å². The summed E-state index contributed by atoms with van der Waals surface area (Å²) in [5, 5.41) is 14.5. The van der Waals surface area contributed by atoms with E-state index in [1.54, 1.807) is 24.3 Å². The average Bonchev–Trinajstić information content (AvgIpc) is 3.14. The summed E-state index contributed by atoms with van der Waals surface area (Å²) in [6.07, 6.45) is 3.27. The summed E-state index contributed by atoms with van der Waals surface area (Å²) in [5.41, 5.74) is 0.0285. The second-order valence-corrected chi connectivity index (χ2v) is 6.70. The van der Waals surface area contributed by atoms with Crippen LogP contribution in [0.15, 0.2) is 29.1 Å². The number of hydrogen-bond donors (Lipinski definition) is 1. The molecule has 7 heteroatoms. The Morgan fingerprint density at radius 1 is 1.23 bits per heavy atom. The zero-order valence-electron chi connectivity index (χ0n) is 14.9. The van der Waals surface area contributed by atoms with Crippen LogP contribution in [0.5, 0.6) is 0 Å². The van der Waals surface area contributed by atoms with Crippen LogP contribution in [0.1, 0.15) is 43.1 Å². The average molecular weight is 357 g/mol. The summed E-state index contributed by atoms with van der Waals surface area (Å²) < 4.78 is 1.37. The number of aromatic nitrogens is 2. The van der Waals surface area contributed by atoms with Crippen molar-refractivity contribution in [3.05, 3.63) is 40.3 Å². The number of carbonyl (C=O) groups excluding carboxylic acids is 1. The number of carbonyl (C=O) groups is 2. The van der Waals surface area contributed by atoms with Crippen molar-refractivity contribution in [3.63, 3.8) is 0 Å². The molecule has 1 aromatic heterocycles. The fourth-order valence-electron chi connectivity index (χ4n) is 3.35. The molecule has 0 saturated carbocycles. The molecule has 0 radical (unpaired) electrons. The summed E-state index contributed by atoms with van der Waals surface area (Å²) in [6.45, 7) is 3.12. The van der Waals surface area contributed by atoms with Crippen LogP contribution >= 0.6 is 0 Å². The number of carboxylic acid groups (broad SMARTS) is 1. The topological polar surface area (TPSA) is 92.5 Å². The second kappa shape index (κ2) is 7.68. The minimum absolute atomic E-state index is 0.180. The van der Waals surface area contributed by atoms with Crippen LogP contribution in [0.2, 0.25) is 0 Å². The fraction of sp³-hybridized carbons (Fsp3) is 0.474. The zero-order chi connectivity index (χ0) is 18.7. The van der Waals surface area contributed by atoms with Gasteiger partial charge in [-0.2, -0.15) is 5.10 Å². The van der Waals surface area contributed by atoms with Crippen molar-refractivity contribution in [2.75, 3.05) is 13.1 Å². The number of unbranched alkanes of at least 4 members (excludes halogenated alkanes) is 2. The molecule has 2 heterocycles. The van der Waals surface area contributed by atoms with Crippen LogP contribution in [0.4, 0.5) is 0 Å². The lowest BCUT2D eigenvalue weighted by Gasteiger charge is -2.17.